The quantitative estimate of drug-likeness (QED) is 0.691. The number of aliphatic hydroxyl groups is 1. The molecule has 68 valence electrons. The molecular formula is C7H13N3OS. The van der Waals surface area contributed by atoms with Gasteiger partial charge in [0.25, 0.3) is 0 Å². The highest BCUT2D eigenvalue weighted by Gasteiger charge is 2.08. The second-order valence-corrected chi connectivity index (χ2v) is 3.44. The summed E-state index contributed by atoms with van der Waals surface area (Å²) in [6.07, 6.45) is 0. The fourth-order valence-electron chi connectivity index (χ4n) is 1.03. The number of hydrogen-bond acceptors (Lipinski definition) is 4. The predicted molar refractivity (Wildman–Crippen MR) is 48.6 cm³/mol. The summed E-state index contributed by atoms with van der Waals surface area (Å²) in [6, 6.07) is 2.05. The van der Waals surface area contributed by atoms with Gasteiger partial charge in [-0.1, -0.05) is 0 Å². The zero-order chi connectivity index (χ0) is 9.14. The Balaban J connectivity index is 3.00. The van der Waals surface area contributed by atoms with Crippen molar-refractivity contribution < 1.29 is 5.11 Å². The van der Waals surface area contributed by atoms with E-state index >= 15 is 0 Å². The highest BCUT2D eigenvalue weighted by Crippen LogP contribution is 2.16. The van der Waals surface area contributed by atoms with Gasteiger partial charge in [0.15, 0.2) is 0 Å². The number of rotatable bonds is 3. The molecule has 0 radical (unpaired) electrons. The maximum Gasteiger partial charge on any atom is 0.133 e. The monoisotopic (exact) mass is 187 g/mol. The molecule has 0 unspecified atom stereocenters. The van der Waals surface area contributed by atoms with Gasteiger partial charge in [0, 0.05) is 6.04 Å². The first kappa shape index (κ1) is 9.57. The van der Waals surface area contributed by atoms with E-state index in [1.807, 2.05) is 13.8 Å². The Morgan fingerprint density at radius 3 is 2.75 bits per heavy atom. The smallest absolute Gasteiger partial charge is 0.133 e. The molecule has 12 heavy (non-hydrogen) atoms. The summed E-state index contributed by atoms with van der Waals surface area (Å²) in [5.74, 6) is 0. The lowest BCUT2D eigenvalue weighted by Crippen LogP contribution is -2.07. The average molecular weight is 187 g/mol. The Morgan fingerprint density at radius 2 is 2.42 bits per heavy atom. The minimum absolute atomic E-state index is 0.00569. The van der Waals surface area contributed by atoms with Crippen LogP contribution in [-0.2, 0) is 6.61 Å². The van der Waals surface area contributed by atoms with Crippen LogP contribution in [0.25, 0.3) is 0 Å². The van der Waals surface area contributed by atoms with E-state index in [4.69, 9.17) is 10.2 Å². The van der Waals surface area contributed by atoms with E-state index in [0.717, 1.165) is 22.7 Å². The van der Waals surface area contributed by atoms with Crippen LogP contribution < -0.4 is 5.14 Å². The molecule has 1 heterocycles. The van der Waals surface area contributed by atoms with E-state index < -0.39 is 0 Å². The summed E-state index contributed by atoms with van der Waals surface area (Å²) in [4.78, 5) is 0. The van der Waals surface area contributed by atoms with Crippen molar-refractivity contribution in [3.05, 3.63) is 11.8 Å². The molecule has 0 atom stereocenters. The van der Waals surface area contributed by atoms with Crippen LogP contribution in [0.15, 0.2) is 11.1 Å². The van der Waals surface area contributed by atoms with E-state index in [9.17, 15) is 0 Å². The molecule has 0 aliphatic rings. The third-order valence-corrected chi connectivity index (χ3v) is 2.00. The molecule has 0 aliphatic heterocycles. The van der Waals surface area contributed by atoms with Crippen LogP contribution in [0.5, 0.6) is 0 Å². The van der Waals surface area contributed by atoms with Crippen molar-refractivity contribution in [1.29, 1.82) is 0 Å². The van der Waals surface area contributed by atoms with Crippen molar-refractivity contribution in [2.24, 2.45) is 5.14 Å². The van der Waals surface area contributed by atoms with Crippen LogP contribution in [0.2, 0.25) is 0 Å². The Bertz CT molecular complexity index is 259. The van der Waals surface area contributed by atoms with E-state index in [-0.39, 0.29) is 12.6 Å². The minimum Gasteiger partial charge on any atom is -0.390 e. The minimum atomic E-state index is 0.00569. The van der Waals surface area contributed by atoms with Gasteiger partial charge in [-0.05, 0) is 31.9 Å². The van der Waals surface area contributed by atoms with Gasteiger partial charge in [0.1, 0.15) is 5.03 Å². The number of hydrogen-bond donors (Lipinski definition) is 2. The number of aromatic nitrogens is 2. The van der Waals surface area contributed by atoms with E-state index in [1.54, 1.807) is 10.7 Å². The number of nitrogens with zero attached hydrogens (tertiary/aromatic N) is 2. The zero-order valence-corrected chi connectivity index (χ0v) is 8.01. The zero-order valence-electron chi connectivity index (χ0n) is 7.19. The lowest BCUT2D eigenvalue weighted by atomic mass is 10.3. The molecule has 3 N–H and O–H groups in total. The van der Waals surface area contributed by atoms with E-state index in [1.165, 1.54) is 0 Å². The molecule has 5 heteroatoms. The first-order valence-corrected chi connectivity index (χ1v) is 4.63. The van der Waals surface area contributed by atoms with Gasteiger partial charge in [0.05, 0.1) is 12.3 Å². The lowest BCUT2D eigenvalue weighted by molar-refractivity contribution is 0.264. The van der Waals surface area contributed by atoms with Gasteiger partial charge in [-0.25, -0.2) is 0 Å². The van der Waals surface area contributed by atoms with E-state index in [0.29, 0.717) is 0 Å². The molecule has 1 rings (SSSR count). The van der Waals surface area contributed by atoms with Gasteiger partial charge >= 0.3 is 0 Å². The number of aliphatic hydroxyl groups excluding tert-OH is 1. The van der Waals surface area contributed by atoms with Crippen LogP contribution in [-0.4, -0.2) is 14.9 Å². The molecule has 0 bridgehead atoms. The Morgan fingerprint density at radius 1 is 1.75 bits per heavy atom. The van der Waals surface area contributed by atoms with Crippen LogP contribution in [0.3, 0.4) is 0 Å². The largest absolute Gasteiger partial charge is 0.390 e. The van der Waals surface area contributed by atoms with Crippen molar-refractivity contribution in [1.82, 2.24) is 9.78 Å². The second kappa shape index (κ2) is 3.93. The van der Waals surface area contributed by atoms with Crippen molar-refractivity contribution in [3.8, 4) is 0 Å². The normalized spacial score (nSPS) is 11.1. The summed E-state index contributed by atoms with van der Waals surface area (Å²) >= 11 is 1.09. The molecule has 0 fully saturated rings. The molecule has 0 amide bonds. The van der Waals surface area contributed by atoms with Gasteiger partial charge in [-0.15, -0.1) is 0 Å². The lowest BCUT2D eigenvalue weighted by Gasteiger charge is -2.07. The Kier molecular flexibility index (Phi) is 3.13. The predicted octanol–water partition coefficient (Wildman–Crippen LogP) is 0.922. The van der Waals surface area contributed by atoms with Crippen molar-refractivity contribution in [3.63, 3.8) is 0 Å². The summed E-state index contributed by atoms with van der Waals surface area (Å²) in [6.45, 7) is 4.03. The van der Waals surface area contributed by atoms with Gasteiger partial charge in [-0.2, -0.15) is 5.10 Å². The highest BCUT2D eigenvalue weighted by atomic mass is 32.2. The number of nitrogens with two attached hydrogens (primary N) is 1. The Hall–Kier alpha value is -0.520. The third kappa shape index (κ3) is 1.80. The van der Waals surface area contributed by atoms with Gasteiger partial charge in [-0.3, -0.25) is 9.82 Å². The van der Waals surface area contributed by atoms with Crippen molar-refractivity contribution >= 4 is 11.9 Å². The molecule has 0 saturated heterocycles. The fraction of sp³-hybridized carbons (Fsp3) is 0.571. The molecule has 1 aromatic heterocycles. The molecular weight excluding hydrogens is 174 g/mol. The van der Waals surface area contributed by atoms with Crippen LogP contribution >= 0.6 is 11.9 Å². The standard InChI is InChI=1S/C7H13N3OS/c1-5(2)10-6(4-11)3-7(9-10)12-8/h3,5,11H,4,8H2,1-2H3. The van der Waals surface area contributed by atoms with Crippen molar-refractivity contribution in [2.75, 3.05) is 0 Å². The SMILES string of the molecule is CC(C)n1nc(SN)cc1CO. The summed E-state index contributed by atoms with van der Waals surface area (Å²) in [5.41, 5.74) is 0.804. The Labute approximate surface area is 75.9 Å². The first-order valence-electron chi connectivity index (χ1n) is 3.75. The summed E-state index contributed by atoms with van der Waals surface area (Å²) in [5, 5.41) is 19.2. The van der Waals surface area contributed by atoms with E-state index in [2.05, 4.69) is 5.10 Å². The maximum absolute atomic E-state index is 8.97. The van der Waals surface area contributed by atoms with Crippen LogP contribution in [0, 0.1) is 0 Å². The van der Waals surface area contributed by atoms with Crippen molar-refractivity contribution in [2.45, 2.75) is 31.5 Å². The highest BCUT2D eigenvalue weighted by molar-refractivity contribution is 7.97. The van der Waals surface area contributed by atoms with Gasteiger partial charge in [0.2, 0.25) is 0 Å². The average Bonchev–Trinajstić information content (AvgIpc) is 2.47. The summed E-state index contributed by atoms with van der Waals surface area (Å²) in [7, 11) is 0. The van der Waals surface area contributed by atoms with Crippen LogP contribution in [0.4, 0.5) is 0 Å². The third-order valence-electron chi connectivity index (χ3n) is 1.56. The topological polar surface area (TPSA) is 64.1 Å². The molecule has 4 nitrogen and oxygen atoms in total. The fourth-order valence-corrected chi connectivity index (χ4v) is 1.37. The molecule has 0 aromatic carbocycles. The second-order valence-electron chi connectivity index (χ2n) is 2.79. The molecule has 0 spiro atoms. The summed E-state index contributed by atoms with van der Waals surface area (Å²) < 4.78 is 1.77. The first-order chi connectivity index (χ1) is 5.69. The molecule has 0 aliphatic carbocycles. The molecule has 1 aromatic rings. The van der Waals surface area contributed by atoms with Crippen LogP contribution in [0.1, 0.15) is 25.6 Å². The van der Waals surface area contributed by atoms with Gasteiger partial charge < -0.3 is 5.11 Å². The molecule has 0 saturated carbocycles. The maximum atomic E-state index is 8.97.